The third-order valence-electron chi connectivity index (χ3n) is 3.18. The molecule has 1 aromatic rings. The molecule has 1 N–H and O–H groups in total. The van der Waals surface area contributed by atoms with E-state index >= 15 is 0 Å². The van der Waals surface area contributed by atoms with Crippen molar-refractivity contribution in [3.05, 3.63) is 34.4 Å². The lowest BCUT2D eigenvalue weighted by Crippen LogP contribution is -2.31. The maximum Gasteiger partial charge on any atom is 0.329 e. The summed E-state index contributed by atoms with van der Waals surface area (Å²) in [6.45, 7) is 2.01. The van der Waals surface area contributed by atoms with Crippen LogP contribution in [-0.4, -0.2) is 22.9 Å². The summed E-state index contributed by atoms with van der Waals surface area (Å²) >= 11 is 0. The minimum atomic E-state index is -0.528. The highest BCUT2D eigenvalue weighted by molar-refractivity contribution is 6.21. The van der Waals surface area contributed by atoms with E-state index in [1.807, 2.05) is 6.92 Å². The molecule has 0 bridgehead atoms. The van der Waals surface area contributed by atoms with Crippen LogP contribution >= 0.6 is 0 Å². The van der Waals surface area contributed by atoms with E-state index in [1.54, 1.807) is 0 Å². The molecule has 1 fully saturated rings. The van der Waals surface area contributed by atoms with Crippen LogP contribution in [0.25, 0.3) is 0 Å². The highest BCUT2D eigenvalue weighted by Gasteiger charge is 2.38. The average Bonchev–Trinajstić information content (AvgIpc) is 2.71. The molecular weight excluding hydrogens is 262 g/mol. The van der Waals surface area contributed by atoms with E-state index in [0.717, 1.165) is 17.7 Å². The quantitative estimate of drug-likeness (QED) is 0.507. The monoisotopic (exact) mass is 277 g/mol. The number of nitrogens with zero attached hydrogens (tertiary/aromatic N) is 2. The van der Waals surface area contributed by atoms with Crippen molar-refractivity contribution in [1.29, 1.82) is 0 Å². The highest BCUT2D eigenvalue weighted by Crippen LogP contribution is 2.23. The van der Waals surface area contributed by atoms with Crippen LogP contribution in [0, 0.1) is 10.1 Å². The van der Waals surface area contributed by atoms with Gasteiger partial charge in [0, 0.05) is 12.1 Å². The minimum Gasteiger partial charge on any atom is -0.325 e. The van der Waals surface area contributed by atoms with Crippen LogP contribution in [0.3, 0.4) is 0 Å². The van der Waals surface area contributed by atoms with E-state index in [1.165, 1.54) is 24.3 Å². The van der Waals surface area contributed by atoms with Crippen LogP contribution in [0.15, 0.2) is 24.3 Å². The second-order valence-corrected chi connectivity index (χ2v) is 4.59. The molecule has 1 atom stereocenters. The Labute approximate surface area is 115 Å². The van der Waals surface area contributed by atoms with Crippen LogP contribution in [0.1, 0.15) is 26.2 Å². The molecule has 1 aliphatic rings. The first kappa shape index (κ1) is 14.0. The first-order valence-electron chi connectivity index (χ1n) is 6.43. The number of hydrogen-bond acceptors (Lipinski definition) is 4. The molecular formula is C13H15N3O4. The zero-order valence-electron chi connectivity index (χ0n) is 11.0. The Kier molecular flexibility index (Phi) is 3.97. The van der Waals surface area contributed by atoms with Crippen LogP contribution in [0.5, 0.6) is 0 Å². The molecule has 1 heterocycles. The second kappa shape index (κ2) is 5.68. The summed E-state index contributed by atoms with van der Waals surface area (Å²) in [6, 6.07) is 4.36. The highest BCUT2D eigenvalue weighted by atomic mass is 16.6. The van der Waals surface area contributed by atoms with Crippen molar-refractivity contribution >= 4 is 23.3 Å². The van der Waals surface area contributed by atoms with Gasteiger partial charge in [0.15, 0.2) is 0 Å². The van der Waals surface area contributed by atoms with E-state index in [-0.39, 0.29) is 11.6 Å². The third-order valence-corrected chi connectivity index (χ3v) is 3.18. The standard InChI is InChI=1S/C13H15N3O4/c1-2-3-4-11-12(17)15(13(18)14-11)9-5-7-10(8-6-9)16(19)20/h5-8,11H,2-4H2,1H3,(H,14,18). The predicted octanol–water partition coefficient (Wildman–Crippen LogP) is 2.21. The zero-order valence-corrected chi connectivity index (χ0v) is 11.0. The third kappa shape index (κ3) is 2.61. The van der Waals surface area contributed by atoms with E-state index in [4.69, 9.17) is 0 Å². The van der Waals surface area contributed by atoms with Crippen molar-refractivity contribution in [2.45, 2.75) is 32.2 Å². The number of anilines is 1. The Balaban J connectivity index is 2.17. The number of carbonyl (C=O) groups excluding carboxylic acids is 2. The van der Waals surface area contributed by atoms with Gasteiger partial charge in [-0.15, -0.1) is 0 Å². The number of nitro groups is 1. The Bertz CT molecular complexity index is 541. The predicted molar refractivity (Wildman–Crippen MR) is 72.4 cm³/mol. The lowest BCUT2D eigenvalue weighted by molar-refractivity contribution is -0.384. The second-order valence-electron chi connectivity index (χ2n) is 4.59. The average molecular weight is 277 g/mol. The molecule has 7 heteroatoms. The number of amides is 3. The van der Waals surface area contributed by atoms with Crippen molar-refractivity contribution in [3.63, 3.8) is 0 Å². The summed E-state index contributed by atoms with van der Waals surface area (Å²) in [5.74, 6) is -0.308. The Morgan fingerprint density at radius 3 is 2.50 bits per heavy atom. The maximum atomic E-state index is 12.1. The van der Waals surface area contributed by atoms with Crippen molar-refractivity contribution in [1.82, 2.24) is 5.32 Å². The molecule has 1 unspecified atom stereocenters. The minimum absolute atomic E-state index is 0.0802. The summed E-state index contributed by atoms with van der Waals surface area (Å²) < 4.78 is 0. The smallest absolute Gasteiger partial charge is 0.325 e. The summed E-state index contributed by atoms with van der Waals surface area (Å²) in [6.07, 6.45) is 2.40. The number of urea groups is 1. The number of nitro benzene ring substituents is 1. The lowest BCUT2D eigenvalue weighted by Gasteiger charge is -2.12. The van der Waals surface area contributed by atoms with E-state index < -0.39 is 17.0 Å². The van der Waals surface area contributed by atoms with Gasteiger partial charge in [-0.2, -0.15) is 0 Å². The van der Waals surface area contributed by atoms with Crippen molar-refractivity contribution in [2.24, 2.45) is 0 Å². The first-order valence-corrected chi connectivity index (χ1v) is 6.43. The fourth-order valence-corrected chi connectivity index (χ4v) is 2.10. The number of rotatable bonds is 5. The van der Waals surface area contributed by atoms with Crippen LogP contribution in [-0.2, 0) is 4.79 Å². The molecule has 0 radical (unpaired) electrons. The molecule has 1 aliphatic heterocycles. The Hall–Kier alpha value is -2.44. The van der Waals surface area contributed by atoms with Gasteiger partial charge in [0.2, 0.25) is 0 Å². The molecule has 20 heavy (non-hydrogen) atoms. The van der Waals surface area contributed by atoms with Crippen LogP contribution in [0.4, 0.5) is 16.2 Å². The first-order chi connectivity index (χ1) is 9.54. The largest absolute Gasteiger partial charge is 0.329 e. The molecule has 1 aromatic carbocycles. The van der Waals surface area contributed by atoms with Gasteiger partial charge in [0.25, 0.3) is 11.6 Å². The normalized spacial score (nSPS) is 18.2. The van der Waals surface area contributed by atoms with Gasteiger partial charge in [0.05, 0.1) is 10.6 Å². The Morgan fingerprint density at radius 1 is 1.30 bits per heavy atom. The summed E-state index contributed by atoms with van der Waals surface area (Å²) in [5, 5.41) is 13.2. The van der Waals surface area contributed by atoms with Crippen LogP contribution in [0.2, 0.25) is 0 Å². The van der Waals surface area contributed by atoms with Gasteiger partial charge < -0.3 is 5.32 Å². The molecule has 0 spiro atoms. The molecule has 1 saturated heterocycles. The molecule has 0 saturated carbocycles. The number of unbranched alkanes of at least 4 members (excludes halogenated alkanes) is 1. The lowest BCUT2D eigenvalue weighted by atomic mass is 10.1. The van der Waals surface area contributed by atoms with Crippen molar-refractivity contribution in [2.75, 3.05) is 4.90 Å². The SMILES string of the molecule is CCCCC1NC(=O)N(c2ccc([N+](=O)[O-])cc2)C1=O. The summed E-state index contributed by atoms with van der Waals surface area (Å²) in [4.78, 5) is 35.1. The molecule has 3 amide bonds. The van der Waals surface area contributed by atoms with E-state index in [0.29, 0.717) is 12.1 Å². The van der Waals surface area contributed by atoms with Gasteiger partial charge in [-0.3, -0.25) is 14.9 Å². The molecule has 106 valence electrons. The zero-order chi connectivity index (χ0) is 14.7. The molecule has 2 rings (SSSR count). The fourth-order valence-electron chi connectivity index (χ4n) is 2.10. The Morgan fingerprint density at radius 2 is 1.95 bits per heavy atom. The van der Waals surface area contributed by atoms with Crippen molar-refractivity contribution < 1.29 is 14.5 Å². The molecule has 7 nitrogen and oxygen atoms in total. The number of carbonyl (C=O) groups is 2. The van der Waals surface area contributed by atoms with Gasteiger partial charge in [-0.25, -0.2) is 9.69 Å². The number of nitrogens with one attached hydrogen (secondary N) is 1. The maximum absolute atomic E-state index is 12.1. The van der Waals surface area contributed by atoms with E-state index in [2.05, 4.69) is 5.32 Å². The van der Waals surface area contributed by atoms with Gasteiger partial charge in [-0.1, -0.05) is 19.8 Å². The van der Waals surface area contributed by atoms with Crippen LogP contribution < -0.4 is 10.2 Å². The number of benzene rings is 1. The number of non-ortho nitro benzene ring substituents is 1. The van der Waals surface area contributed by atoms with E-state index in [9.17, 15) is 19.7 Å². The van der Waals surface area contributed by atoms with Gasteiger partial charge in [0.1, 0.15) is 6.04 Å². The topological polar surface area (TPSA) is 92.6 Å². The summed E-state index contributed by atoms with van der Waals surface area (Å²) in [7, 11) is 0. The molecule has 0 aromatic heterocycles. The number of imide groups is 1. The number of hydrogen-bond donors (Lipinski definition) is 1. The molecule has 0 aliphatic carbocycles. The fraction of sp³-hybridized carbons (Fsp3) is 0.385. The summed E-state index contributed by atoms with van der Waals surface area (Å²) in [5.41, 5.74) is 0.264. The van der Waals surface area contributed by atoms with Gasteiger partial charge in [-0.05, 0) is 18.6 Å². The van der Waals surface area contributed by atoms with Crippen molar-refractivity contribution in [3.8, 4) is 0 Å². The van der Waals surface area contributed by atoms with Gasteiger partial charge >= 0.3 is 6.03 Å².